The number of carbonyl (C=O) groups is 1. The van der Waals surface area contributed by atoms with Crippen molar-refractivity contribution in [1.82, 2.24) is 4.98 Å². The van der Waals surface area contributed by atoms with Crippen molar-refractivity contribution >= 4 is 16.9 Å². The molecule has 1 aliphatic rings. The van der Waals surface area contributed by atoms with Gasteiger partial charge in [0.1, 0.15) is 6.04 Å². The molecule has 5 rings (SSSR count). The number of esters is 1. The highest BCUT2D eigenvalue weighted by molar-refractivity contribution is 5.83. The quantitative estimate of drug-likeness (QED) is 0.301. The summed E-state index contributed by atoms with van der Waals surface area (Å²) < 4.78 is 6.37. The summed E-state index contributed by atoms with van der Waals surface area (Å²) in [5.41, 5.74) is 5.28. The van der Waals surface area contributed by atoms with Crippen molar-refractivity contribution in [2.75, 3.05) is 6.54 Å². The third kappa shape index (κ3) is 5.75. The highest BCUT2D eigenvalue weighted by Crippen LogP contribution is 2.34. The molecule has 37 heavy (non-hydrogen) atoms. The van der Waals surface area contributed by atoms with Crippen molar-refractivity contribution < 1.29 is 14.8 Å². The van der Waals surface area contributed by atoms with Gasteiger partial charge in [-0.25, -0.2) is 0 Å². The van der Waals surface area contributed by atoms with Crippen molar-refractivity contribution in [3.8, 4) is 11.1 Å². The summed E-state index contributed by atoms with van der Waals surface area (Å²) in [5.74, 6) is 1.19. The Hall–Kier alpha value is -3.50. The first kappa shape index (κ1) is 25.2. The van der Waals surface area contributed by atoms with Crippen LogP contribution in [0.5, 0.6) is 0 Å². The number of aromatic nitrogens is 1. The van der Waals surface area contributed by atoms with Gasteiger partial charge in [0.15, 0.2) is 6.10 Å². The monoisotopic (exact) mass is 493 g/mol. The minimum absolute atomic E-state index is 0.183. The molecule has 0 amide bonds. The second kappa shape index (κ2) is 11.7. The summed E-state index contributed by atoms with van der Waals surface area (Å²) in [6, 6.07) is 28.9. The molecule has 4 heteroatoms. The molecule has 1 fully saturated rings. The van der Waals surface area contributed by atoms with Gasteiger partial charge in [0.2, 0.25) is 0 Å². The molecule has 0 saturated carbocycles. The molecule has 0 spiro atoms. The lowest BCUT2D eigenvalue weighted by atomic mass is 9.77. The van der Waals surface area contributed by atoms with E-state index in [-0.39, 0.29) is 24.5 Å². The number of para-hydroxylation sites is 1. The number of ether oxygens (including phenoxy) is 1. The zero-order valence-corrected chi connectivity index (χ0v) is 21.8. The minimum Gasteiger partial charge on any atom is -0.451 e. The average Bonchev–Trinajstić information content (AvgIpc) is 2.96. The molecule has 4 atom stereocenters. The van der Waals surface area contributed by atoms with Gasteiger partial charge in [-0.3, -0.25) is 9.78 Å². The van der Waals surface area contributed by atoms with Gasteiger partial charge >= 0.3 is 5.97 Å². The molecule has 4 nitrogen and oxygen atoms in total. The zero-order chi connectivity index (χ0) is 25.6. The third-order valence-corrected chi connectivity index (χ3v) is 8.08. The second-order valence-corrected chi connectivity index (χ2v) is 10.3. The molecular formula is C33H37N2O2+. The van der Waals surface area contributed by atoms with E-state index in [1.807, 2.05) is 60.8 Å². The predicted molar refractivity (Wildman–Crippen MR) is 149 cm³/mol. The Labute approximate surface area is 220 Å². The van der Waals surface area contributed by atoms with Crippen molar-refractivity contribution in [2.24, 2.45) is 11.8 Å². The molecule has 3 aromatic carbocycles. The van der Waals surface area contributed by atoms with Gasteiger partial charge in [0.25, 0.3) is 0 Å². The predicted octanol–water partition coefficient (Wildman–Crippen LogP) is 6.12. The number of benzene rings is 3. The van der Waals surface area contributed by atoms with Crippen LogP contribution in [0.25, 0.3) is 22.0 Å². The van der Waals surface area contributed by atoms with E-state index in [9.17, 15) is 4.79 Å². The fourth-order valence-corrected chi connectivity index (χ4v) is 5.97. The van der Waals surface area contributed by atoms with Crippen LogP contribution >= 0.6 is 0 Å². The van der Waals surface area contributed by atoms with Gasteiger partial charge in [-0.2, -0.15) is 0 Å². The molecule has 1 aliphatic heterocycles. The summed E-state index contributed by atoms with van der Waals surface area (Å²) in [6.07, 6.45) is 5.20. The summed E-state index contributed by atoms with van der Waals surface area (Å²) in [5, 5.41) is 3.48. The van der Waals surface area contributed by atoms with E-state index < -0.39 is 0 Å². The molecule has 0 aliphatic carbocycles. The van der Waals surface area contributed by atoms with Crippen LogP contribution in [0.1, 0.15) is 50.3 Å². The average molecular weight is 494 g/mol. The van der Waals surface area contributed by atoms with Crippen LogP contribution < -0.4 is 5.32 Å². The number of hydrogen-bond donors (Lipinski definition) is 1. The Morgan fingerprint density at radius 2 is 1.59 bits per heavy atom. The second-order valence-electron chi connectivity index (χ2n) is 10.3. The number of piperidine rings is 1. The lowest BCUT2D eigenvalue weighted by Gasteiger charge is -2.37. The van der Waals surface area contributed by atoms with Crippen molar-refractivity contribution in [3.05, 3.63) is 102 Å². The Morgan fingerprint density at radius 1 is 0.892 bits per heavy atom. The molecule has 0 radical (unpaired) electrons. The van der Waals surface area contributed by atoms with E-state index in [0.29, 0.717) is 5.92 Å². The molecule has 1 saturated heterocycles. The topological polar surface area (TPSA) is 55.8 Å². The van der Waals surface area contributed by atoms with Gasteiger partial charge in [0.05, 0.1) is 18.5 Å². The number of pyridine rings is 1. The van der Waals surface area contributed by atoms with Crippen LogP contribution in [0.15, 0.2) is 91.1 Å². The van der Waals surface area contributed by atoms with E-state index in [2.05, 4.69) is 54.5 Å². The largest absolute Gasteiger partial charge is 0.451 e. The maximum atomic E-state index is 13.3. The number of fused-ring (bicyclic) bond motifs is 1. The zero-order valence-electron chi connectivity index (χ0n) is 21.8. The maximum Gasteiger partial charge on any atom is 0.311 e. The Bertz CT molecular complexity index is 1310. The SMILES string of the molecule is CC[C@H]1C[NH2+][C@@H]([C@@H](OC(=O)Cc2ccc(-c3ccccc3)cc2)c2ccnc3ccccc23)C[C@@H]1CC. The van der Waals surface area contributed by atoms with Gasteiger partial charge in [0, 0.05) is 29.5 Å². The highest BCUT2D eigenvalue weighted by atomic mass is 16.5. The highest BCUT2D eigenvalue weighted by Gasteiger charge is 2.39. The number of quaternary nitrogens is 1. The Kier molecular flexibility index (Phi) is 7.96. The Balaban J connectivity index is 1.38. The summed E-state index contributed by atoms with van der Waals surface area (Å²) in [4.78, 5) is 17.9. The van der Waals surface area contributed by atoms with Crippen molar-refractivity contribution in [1.29, 1.82) is 0 Å². The van der Waals surface area contributed by atoms with E-state index in [4.69, 9.17) is 4.74 Å². The first-order valence-corrected chi connectivity index (χ1v) is 13.7. The summed E-state index contributed by atoms with van der Waals surface area (Å²) >= 11 is 0. The van der Waals surface area contributed by atoms with Crippen LogP contribution in [-0.2, 0) is 16.0 Å². The maximum absolute atomic E-state index is 13.3. The first-order valence-electron chi connectivity index (χ1n) is 13.7. The van der Waals surface area contributed by atoms with Gasteiger partial charge in [-0.05, 0) is 41.2 Å². The van der Waals surface area contributed by atoms with E-state index in [1.54, 1.807) is 0 Å². The van der Waals surface area contributed by atoms with Crippen LogP contribution in [0.3, 0.4) is 0 Å². The van der Waals surface area contributed by atoms with Crippen molar-refractivity contribution in [3.63, 3.8) is 0 Å². The van der Waals surface area contributed by atoms with Crippen LogP contribution in [0.2, 0.25) is 0 Å². The lowest BCUT2D eigenvalue weighted by molar-refractivity contribution is -0.714. The van der Waals surface area contributed by atoms with Crippen molar-refractivity contribution in [2.45, 2.75) is 51.7 Å². The van der Waals surface area contributed by atoms with Gasteiger partial charge in [-0.1, -0.05) is 93.1 Å². The molecular weight excluding hydrogens is 456 g/mol. The smallest absolute Gasteiger partial charge is 0.311 e. The molecule has 2 N–H and O–H groups in total. The number of rotatable bonds is 8. The van der Waals surface area contributed by atoms with E-state index in [1.165, 1.54) is 12.0 Å². The fraction of sp³-hybridized carbons (Fsp3) is 0.333. The number of hydrogen-bond acceptors (Lipinski definition) is 3. The number of nitrogens with zero attached hydrogens (tertiary/aromatic N) is 1. The Morgan fingerprint density at radius 3 is 2.35 bits per heavy atom. The summed E-state index contributed by atoms with van der Waals surface area (Å²) in [7, 11) is 0. The van der Waals surface area contributed by atoms with Gasteiger partial charge in [-0.15, -0.1) is 0 Å². The molecule has 4 aromatic rings. The number of nitrogens with two attached hydrogens (primary N) is 1. The van der Waals surface area contributed by atoms with E-state index in [0.717, 1.165) is 52.9 Å². The van der Waals surface area contributed by atoms with E-state index >= 15 is 0 Å². The minimum atomic E-state index is -0.309. The molecule has 190 valence electrons. The molecule has 0 bridgehead atoms. The van der Waals surface area contributed by atoms with Crippen LogP contribution in [0.4, 0.5) is 0 Å². The summed E-state index contributed by atoms with van der Waals surface area (Å²) in [6.45, 7) is 5.66. The standard InChI is InChI=1S/C33H36N2O2/c1-3-24-21-31(35-22-25(24)4-2)33(29-18-19-34-30-13-9-8-12-28(29)30)37-32(36)20-23-14-16-27(17-15-23)26-10-6-5-7-11-26/h5-19,24-25,31,33,35H,3-4,20-22H2,1-2H3/p+1/t24-,25-,31+,33-/m0/s1. The van der Waals surface area contributed by atoms with Crippen LogP contribution in [0, 0.1) is 11.8 Å². The van der Waals surface area contributed by atoms with Gasteiger partial charge < -0.3 is 10.1 Å². The molecule has 1 aromatic heterocycles. The first-order chi connectivity index (χ1) is 18.2. The molecule has 2 heterocycles. The molecule has 0 unspecified atom stereocenters. The fourth-order valence-electron chi connectivity index (χ4n) is 5.97. The lowest BCUT2D eigenvalue weighted by Crippen LogP contribution is -2.94. The third-order valence-electron chi connectivity index (χ3n) is 8.08. The normalized spacial score (nSPS) is 20.4. The number of carbonyl (C=O) groups excluding carboxylic acids is 1. The van der Waals surface area contributed by atoms with Crippen LogP contribution in [-0.4, -0.2) is 23.5 Å².